The average Bonchev–Trinajstić information content (AvgIpc) is 3.30. The van der Waals surface area contributed by atoms with Crippen LogP contribution in [-0.4, -0.2) is 71.6 Å². The van der Waals surface area contributed by atoms with Gasteiger partial charge in [0, 0.05) is 22.9 Å². The Morgan fingerprint density at radius 2 is 1.90 bits per heavy atom. The van der Waals surface area contributed by atoms with Crippen molar-refractivity contribution in [3.8, 4) is 0 Å². The number of aryl methyl sites for hydroxylation is 1. The topological polar surface area (TPSA) is 140 Å². The van der Waals surface area contributed by atoms with Crippen molar-refractivity contribution in [1.82, 2.24) is 14.5 Å². The maximum absolute atomic E-state index is 14.0. The Balaban J connectivity index is 1.80. The zero-order valence-electron chi connectivity index (χ0n) is 24.2. The van der Waals surface area contributed by atoms with Crippen LogP contribution < -0.4 is 11.2 Å². The second kappa shape index (κ2) is 8.38. The maximum atomic E-state index is 14.0. The second-order valence-corrected chi connectivity index (χ2v) is 19.6. The molecule has 0 aliphatic carbocycles. The molecule has 39 heavy (non-hydrogen) atoms. The number of aromatic amines is 1. The fourth-order valence-corrected chi connectivity index (χ4v) is 10.4. The number of allylic oxidation sites excluding steroid dienone is 2. The Labute approximate surface area is 230 Å². The van der Waals surface area contributed by atoms with Gasteiger partial charge in [-0.15, -0.1) is 0 Å². The quantitative estimate of drug-likeness (QED) is 0.395. The Bertz CT molecular complexity index is 1460. The highest BCUT2D eigenvalue weighted by Crippen LogP contribution is 2.66. The Hall–Kier alpha value is -1.77. The van der Waals surface area contributed by atoms with Gasteiger partial charge in [-0.1, -0.05) is 47.6 Å². The summed E-state index contributed by atoms with van der Waals surface area (Å²) < 4.78 is 48.7. The predicted octanol–water partition coefficient (Wildman–Crippen LogP) is 2.33. The van der Waals surface area contributed by atoms with Crippen molar-refractivity contribution >= 4 is 18.4 Å². The third kappa shape index (κ3) is 3.56. The van der Waals surface area contributed by atoms with Crippen molar-refractivity contribution < 1.29 is 26.9 Å². The van der Waals surface area contributed by atoms with Crippen LogP contribution in [0, 0.1) is 12.3 Å². The monoisotopic (exact) mass is 583 g/mol. The highest BCUT2D eigenvalue weighted by Gasteiger charge is 2.87. The molecule has 3 fully saturated rings. The molecule has 3 saturated heterocycles. The van der Waals surface area contributed by atoms with Crippen LogP contribution in [0.3, 0.4) is 0 Å². The van der Waals surface area contributed by atoms with Crippen LogP contribution in [0.25, 0.3) is 0 Å². The molecule has 2 N–H and O–H groups in total. The van der Waals surface area contributed by atoms with E-state index in [1.165, 1.54) is 10.8 Å². The van der Waals surface area contributed by atoms with E-state index in [1.54, 1.807) is 11.8 Å². The van der Waals surface area contributed by atoms with Crippen LogP contribution in [0.1, 0.15) is 66.2 Å². The first-order valence-corrected chi connectivity index (χ1v) is 18.0. The maximum Gasteiger partial charge on any atom is 0.330 e. The SMILES string of the molecule is CCC1=C[C@@](C)(CC)[C@@H]2[C@]3(O)N1C[C@H]1O[C@@H](n4cc(C)c(=O)[nH]c4=O)[C@H](O[Si](C)(C)C(C)(C)C)[C@]13OS2(=O)=O. The van der Waals surface area contributed by atoms with Crippen molar-refractivity contribution in [2.24, 2.45) is 5.41 Å². The summed E-state index contributed by atoms with van der Waals surface area (Å²) in [7, 11) is -7.01. The van der Waals surface area contributed by atoms with Gasteiger partial charge in [0.25, 0.3) is 15.7 Å². The third-order valence-corrected chi connectivity index (χ3v) is 16.3. The summed E-state index contributed by atoms with van der Waals surface area (Å²) in [4.78, 5) is 29.3. The normalized spacial score (nSPS) is 39.0. The average molecular weight is 584 g/mol. The van der Waals surface area contributed by atoms with Crippen LogP contribution in [-0.2, 0) is 23.5 Å². The summed E-state index contributed by atoms with van der Waals surface area (Å²) in [5.41, 5.74) is -4.91. The van der Waals surface area contributed by atoms with Gasteiger partial charge in [0.15, 0.2) is 25.9 Å². The minimum atomic E-state index is -4.33. The standard InChI is InChI=1S/C26H41N3O8SSi/c1-10-16-12-24(7,11-2)21-26(32)25(37-38(21,33)34)17(14-29(16)26)35-20(18(25)36-39(8,9)23(4,5)6)28-13-15(3)19(30)27-22(28)31/h12-13,17-18,20-21,32H,10-11,14H2,1-9H3,(H,27,30,31)/t17-,18+,20-,21-,24-,25-,26-/m1/s1. The van der Waals surface area contributed by atoms with E-state index in [4.69, 9.17) is 13.3 Å². The summed E-state index contributed by atoms with van der Waals surface area (Å²) in [5.74, 6) is 0. The summed E-state index contributed by atoms with van der Waals surface area (Å²) in [6.07, 6.45) is 1.12. The van der Waals surface area contributed by atoms with E-state index >= 15 is 0 Å². The Kier molecular flexibility index (Phi) is 6.18. The fourth-order valence-electron chi connectivity index (χ4n) is 6.69. The smallest absolute Gasteiger partial charge is 0.330 e. The van der Waals surface area contributed by atoms with E-state index < -0.39 is 70.1 Å². The molecule has 0 amide bonds. The van der Waals surface area contributed by atoms with Crippen molar-refractivity contribution in [2.75, 3.05) is 6.54 Å². The van der Waals surface area contributed by atoms with Gasteiger partial charge in [-0.25, -0.2) is 4.79 Å². The minimum absolute atomic E-state index is 0.160. The first-order chi connectivity index (χ1) is 17.8. The third-order valence-electron chi connectivity index (χ3n) is 9.92. The molecule has 1 spiro atoms. The number of hydrogen-bond acceptors (Lipinski definition) is 9. The number of aliphatic hydroxyl groups is 1. The Morgan fingerprint density at radius 3 is 2.46 bits per heavy atom. The van der Waals surface area contributed by atoms with Crippen LogP contribution in [0.15, 0.2) is 27.6 Å². The minimum Gasteiger partial charge on any atom is -0.406 e. The van der Waals surface area contributed by atoms with Crippen LogP contribution in [0.5, 0.6) is 0 Å². The van der Waals surface area contributed by atoms with E-state index in [0.717, 1.165) is 5.70 Å². The molecule has 0 radical (unpaired) electrons. The number of ether oxygens (including phenoxy) is 1. The summed E-state index contributed by atoms with van der Waals surface area (Å²) in [6, 6.07) is 0. The first kappa shape index (κ1) is 28.7. The molecule has 4 aliphatic heterocycles. The molecule has 0 saturated carbocycles. The lowest BCUT2D eigenvalue weighted by Crippen LogP contribution is -2.71. The van der Waals surface area contributed by atoms with Gasteiger partial charge in [-0.3, -0.25) is 18.5 Å². The van der Waals surface area contributed by atoms with Gasteiger partial charge in [0.05, 0.1) is 6.54 Å². The van der Waals surface area contributed by atoms with E-state index in [-0.39, 0.29) is 17.1 Å². The van der Waals surface area contributed by atoms with Gasteiger partial charge in [0.1, 0.15) is 17.5 Å². The van der Waals surface area contributed by atoms with E-state index in [0.29, 0.717) is 12.8 Å². The molecule has 4 aliphatic rings. The number of hydrogen-bond donors (Lipinski definition) is 2. The molecule has 5 heterocycles. The van der Waals surface area contributed by atoms with Gasteiger partial charge < -0.3 is 19.2 Å². The van der Waals surface area contributed by atoms with Crippen LogP contribution in [0.4, 0.5) is 0 Å². The molecule has 218 valence electrons. The van der Waals surface area contributed by atoms with Crippen LogP contribution >= 0.6 is 0 Å². The fraction of sp³-hybridized carbons (Fsp3) is 0.769. The van der Waals surface area contributed by atoms with Gasteiger partial charge >= 0.3 is 5.69 Å². The lowest BCUT2D eigenvalue weighted by atomic mass is 9.69. The second-order valence-electron chi connectivity index (χ2n) is 13.2. The number of rotatable bonds is 5. The van der Waals surface area contributed by atoms with E-state index in [2.05, 4.69) is 4.98 Å². The molecular weight excluding hydrogens is 542 g/mol. The van der Waals surface area contributed by atoms with Gasteiger partial charge in [-0.05, 0) is 37.9 Å². The molecule has 1 aromatic rings. The van der Waals surface area contributed by atoms with Crippen molar-refractivity contribution in [2.45, 2.75) is 114 Å². The molecule has 0 aromatic carbocycles. The molecule has 0 bridgehead atoms. The molecular formula is C26H41N3O8SSi. The largest absolute Gasteiger partial charge is 0.406 e. The zero-order chi connectivity index (χ0) is 29.1. The lowest BCUT2D eigenvalue weighted by Gasteiger charge is -2.52. The number of aromatic nitrogens is 2. The van der Waals surface area contributed by atoms with Gasteiger partial charge in [-0.2, -0.15) is 8.42 Å². The summed E-state index contributed by atoms with van der Waals surface area (Å²) in [5, 5.41) is 11.3. The molecule has 5 rings (SSSR count). The number of nitrogens with one attached hydrogen (secondary N) is 1. The van der Waals surface area contributed by atoms with Crippen LogP contribution in [0.2, 0.25) is 18.1 Å². The molecule has 0 unspecified atom stereocenters. The first-order valence-electron chi connectivity index (χ1n) is 13.6. The lowest BCUT2D eigenvalue weighted by molar-refractivity contribution is -0.197. The molecule has 7 atom stereocenters. The Morgan fingerprint density at radius 1 is 1.26 bits per heavy atom. The number of nitrogens with zero attached hydrogens (tertiary/aromatic N) is 2. The number of H-pyrrole nitrogens is 1. The van der Waals surface area contributed by atoms with Crippen molar-refractivity contribution in [1.29, 1.82) is 0 Å². The molecule has 13 heteroatoms. The summed E-state index contributed by atoms with van der Waals surface area (Å²) in [6.45, 7) is 17.6. The highest BCUT2D eigenvalue weighted by molar-refractivity contribution is 7.87. The van der Waals surface area contributed by atoms with E-state index in [9.17, 15) is 23.1 Å². The molecule has 11 nitrogen and oxygen atoms in total. The molecule has 1 aromatic heterocycles. The van der Waals surface area contributed by atoms with E-state index in [1.807, 2.05) is 60.7 Å². The van der Waals surface area contributed by atoms with Crippen molar-refractivity contribution in [3.63, 3.8) is 0 Å². The predicted molar refractivity (Wildman–Crippen MR) is 147 cm³/mol. The highest BCUT2D eigenvalue weighted by atomic mass is 32.2. The summed E-state index contributed by atoms with van der Waals surface area (Å²) >= 11 is 0. The van der Waals surface area contributed by atoms with Crippen molar-refractivity contribution in [3.05, 3.63) is 44.4 Å². The van der Waals surface area contributed by atoms with Gasteiger partial charge in [0.2, 0.25) is 0 Å². The zero-order valence-corrected chi connectivity index (χ0v) is 26.0.